The van der Waals surface area contributed by atoms with E-state index in [0.717, 1.165) is 13.1 Å². The number of likely N-dealkylation sites (tertiary alicyclic amines) is 1. The minimum absolute atomic E-state index is 0.0854. The average Bonchev–Trinajstić information content (AvgIpc) is 3.34. The number of amides is 1. The Kier molecular flexibility index (Phi) is 8.65. The largest absolute Gasteiger partial charge is 0.507 e. The second kappa shape index (κ2) is 11.5. The van der Waals surface area contributed by atoms with Gasteiger partial charge >= 0.3 is 5.97 Å². The van der Waals surface area contributed by atoms with Crippen molar-refractivity contribution >= 4 is 23.4 Å². The third kappa shape index (κ3) is 4.93. The van der Waals surface area contributed by atoms with Crippen molar-refractivity contribution in [2.24, 2.45) is 0 Å². The molecule has 0 aliphatic carbocycles. The van der Waals surface area contributed by atoms with Crippen LogP contribution in [0.25, 0.3) is 5.76 Å². The number of ether oxygens (including phenoxy) is 3. The molecule has 1 amide bonds. The van der Waals surface area contributed by atoms with E-state index >= 15 is 0 Å². The number of nitrogens with zero attached hydrogens (tertiary/aromatic N) is 2. The number of carbonyl (C=O) groups excluding carboxylic acids is 3. The van der Waals surface area contributed by atoms with Gasteiger partial charge in [-0.05, 0) is 38.6 Å². The van der Waals surface area contributed by atoms with E-state index in [4.69, 9.17) is 14.2 Å². The Bertz CT molecular complexity index is 1230. The van der Waals surface area contributed by atoms with Gasteiger partial charge in [-0.3, -0.25) is 9.59 Å². The van der Waals surface area contributed by atoms with Crippen molar-refractivity contribution in [2.75, 3.05) is 47.5 Å². The van der Waals surface area contributed by atoms with Gasteiger partial charge in [0, 0.05) is 29.9 Å². The Morgan fingerprint density at radius 3 is 2.35 bits per heavy atom. The maximum absolute atomic E-state index is 13.5. The number of Topliss-reactive ketones (excluding diaryl/α,β-unsaturated/α-hetero) is 1. The number of hydrogen-bond donors (Lipinski definition) is 2. The second-order valence-electron chi connectivity index (χ2n) is 8.72. The molecule has 2 heterocycles. The van der Waals surface area contributed by atoms with Crippen molar-refractivity contribution in [1.82, 2.24) is 14.8 Å². The van der Waals surface area contributed by atoms with Crippen LogP contribution in [0.1, 0.15) is 52.8 Å². The lowest BCUT2D eigenvalue weighted by molar-refractivity contribution is -0.140. The minimum Gasteiger partial charge on any atom is -0.507 e. The normalized spacial score (nSPS) is 17.0. The second-order valence-corrected chi connectivity index (χ2v) is 8.72. The van der Waals surface area contributed by atoms with Gasteiger partial charge in [-0.25, -0.2) is 4.79 Å². The molecular weight excluding hydrogens is 478 g/mol. The van der Waals surface area contributed by atoms with Crippen LogP contribution in [0.4, 0.5) is 0 Å². The minimum atomic E-state index is -0.934. The van der Waals surface area contributed by atoms with Gasteiger partial charge in [-0.15, -0.1) is 0 Å². The summed E-state index contributed by atoms with van der Waals surface area (Å²) < 4.78 is 15.9. The average molecular weight is 514 g/mol. The lowest BCUT2D eigenvalue weighted by Crippen LogP contribution is -2.38. The number of aliphatic hydroxyl groups is 1. The SMILES string of the molecule is CCN(CC)CCN1C(=O)C(=O)C(=C(O)c2c(C)[nH]c(C(=O)OC)c2C)[C@@H]1c1cccc(OC)c1OC. The van der Waals surface area contributed by atoms with Crippen LogP contribution in [0.15, 0.2) is 23.8 Å². The van der Waals surface area contributed by atoms with E-state index in [-0.39, 0.29) is 29.1 Å². The van der Waals surface area contributed by atoms with Gasteiger partial charge in [-0.2, -0.15) is 0 Å². The molecule has 2 aromatic rings. The molecule has 37 heavy (non-hydrogen) atoms. The fourth-order valence-electron chi connectivity index (χ4n) is 4.90. The van der Waals surface area contributed by atoms with Crippen LogP contribution >= 0.6 is 0 Å². The van der Waals surface area contributed by atoms with Crippen molar-refractivity contribution in [1.29, 1.82) is 0 Å². The number of aliphatic hydroxyl groups excluding tert-OH is 1. The maximum atomic E-state index is 13.5. The number of H-pyrrole nitrogens is 1. The van der Waals surface area contributed by atoms with Gasteiger partial charge < -0.3 is 34.1 Å². The molecule has 0 bridgehead atoms. The van der Waals surface area contributed by atoms with Gasteiger partial charge in [0.25, 0.3) is 11.7 Å². The van der Waals surface area contributed by atoms with Crippen LogP contribution in [-0.2, 0) is 14.3 Å². The lowest BCUT2D eigenvalue weighted by atomic mass is 9.93. The van der Waals surface area contributed by atoms with Crippen LogP contribution in [0.2, 0.25) is 0 Å². The summed E-state index contributed by atoms with van der Waals surface area (Å²) >= 11 is 0. The standard InChI is InChI=1S/C27H35N3O7/c1-8-29(9-2)13-14-30-22(17-11-10-12-18(35-5)25(17)36-6)20(24(32)26(30)33)23(31)19-15(3)21(27(34)37-7)28-16(19)4/h10-12,22,28,31H,8-9,13-14H2,1-7H3/t22-/m0/s1. The molecule has 0 unspecified atom stereocenters. The molecule has 1 aliphatic rings. The Labute approximate surface area is 216 Å². The van der Waals surface area contributed by atoms with Crippen molar-refractivity contribution in [2.45, 2.75) is 33.7 Å². The highest BCUT2D eigenvalue weighted by atomic mass is 16.5. The number of nitrogens with one attached hydrogen (secondary N) is 1. The highest BCUT2D eigenvalue weighted by Gasteiger charge is 2.47. The number of methoxy groups -OCH3 is 3. The summed E-state index contributed by atoms with van der Waals surface area (Å²) in [5, 5.41) is 11.6. The van der Waals surface area contributed by atoms with Crippen molar-refractivity contribution in [3.8, 4) is 11.5 Å². The quantitative estimate of drug-likeness (QED) is 0.215. The number of benzene rings is 1. The summed E-state index contributed by atoms with van der Waals surface area (Å²) in [4.78, 5) is 45.6. The number of aromatic amines is 1. The zero-order chi connectivity index (χ0) is 27.4. The van der Waals surface area contributed by atoms with Crippen LogP contribution in [0, 0.1) is 13.8 Å². The topological polar surface area (TPSA) is 121 Å². The highest BCUT2D eigenvalue weighted by Crippen LogP contribution is 2.46. The van der Waals surface area contributed by atoms with Crippen LogP contribution in [0.5, 0.6) is 11.5 Å². The first kappa shape index (κ1) is 27.8. The fraction of sp³-hybridized carbons (Fsp3) is 0.444. The van der Waals surface area contributed by atoms with E-state index in [1.54, 1.807) is 32.0 Å². The van der Waals surface area contributed by atoms with Crippen molar-refractivity contribution in [3.63, 3.8) is 0 Å². The number of para-hydroxylation sites is 1. The van der Waals surface area contributed by atoms with E-state index in [1.165, 1.54) is 26.2 Å². The molecule has 200 valence electrons. The molecule has 1 aliphatic heterocycles. The summed E-state index contributed by atoms with van der Waals surface area (Å²) in [7, 11) is 4.24. The Morgan fingerprint density at radius 1 is 1.11 bits per heavy atom. The fourth-order valence-corrected chi connectivity index (χ4v) is 4.90. The van der Waals surface area contributed by atoms with E-state index in [0.29, 0.717) is 34.9 Å². The van der Waals surface area contributed by atoms with Gasteiger partial charge in [0.15, 0.2) is 11.5 Å². The zero-order valence-electron chi connectivity index (χ0n) is 22.4. The summed E-state index contributed by atoms with van der Waals surface area (Å²) in [6.07, 6.45) is 0. The Morgan fingerprint density at radius 2 is 1.78 bits per heavy atom. The van der Waals surface area contributed by atoms with Gasteiger partial charge in [0.2, 0.25) is 0 Å². The summed E-state index contributed by atoms with van der Waals surface area (Å²) in [5.74, 6) is -1.73. The number of aryl methyl sites for hydroxylation is 1. The predicted molar refractivity (Wildman–Crippen MR) is 138 cm³/mol. The van der Waals surface area contributed by atoms with E-state index < -0.39 is 23.7 Å². The van der Waals surface area contributed by atoms with Crippen molar-refractivity contribution in [3.05, 3.63) is 51.9 Å². The van der Waals surface area contributed by atoms with Gasteiger partial charge in [0.05, 0.1) is 32.9 Å². The molecule has 2 N–H and O–H groups in total. The van der Waals surface area contributed by atoms with Gasteiger partial charge in [0.1, 0.15) is 11.5 Å². The third-order valence-electron chi connectivity index (χ3n) is 6.88. The predicted octanol–water partition coefficient (Wildman–Crippen LogP) is 3.20. The molecule has 1 aromatic carbocycles. The molecule has 10 nitrogen and oxygen atoms in total. The number of rotatable bonds is 10. The van der Waals surface area contributed by atoms with E-state index in [2.05, 4.69) is 9.88 Å². The first-order valence-corrected chi connectivity index (χ1v) is 12.2. The van der Waals surface area contributed by atoms with E-state index in [1.807, 2.05) is 13.8 Å². The number of esters is 1. The zero-order valence-corrected chi connectivity index (χ0v) is 22.4. The summed E-state index contributed by atoms with van der Waals surface area (Å²) in [5.41, 5.74) is 1.72. The molecular formula is C27H35N3O7. The smallest absolute Gasteiger partial charge is 0.354 e. The molecule has 1 aromatic heterocycles. The molecule has 1 atom stereocenters. The number of hydrogen-bond acceptors (Lipinski definition) is 8. The van der Waals surface area contributed by atoms with Crippen LogP contribution < -0.4 is 9.47 Å². The first-order chi connectivity index (χ1) is 17.7. The van der Waals surface area contributed by atoms with Crippen LogP contribution in [-0.4, -0.2) is 85.1 Å². The first-order valence-electron chi connectivity index (χ1n) is 12.2. The van der Waals surface area contributed by atoms with Crippen molar-refractivity contribution < 1.29 is 33.7 Å². The number of ketones is 1. The molecule has 1 fully saturated rings. The molecule has 0 radical (unpaired) electrons. The molecule has 0 saturated carbocycles. The molecule has 10 heteroatoms. The number of carbonyl (C=O) groups is 3. The van der Waals surface area contributed by atoms with Gasteiger partial charge in [-0.1, -0.05) is 26.0 Å². The molecule has 3 rings (SSSR count). The molecule has 1 saturated heterocycles. The summed E-state index contributed by atoms with van der Waals surface area (Å²) in [6, 6.07) is 4.26. The number of aromatic nitrogens is 1. The lowest BCUT2D eigenvalue weighted by Gasteiger charge is -2.29. The number of likely N-dealkylation sites (N-methyl/N-ethyl adjacent to an activating group) is 1. The third-order valence-corrected chi connectivity index (χ3v) is 6.88. The Balaban J connectivity index is 2.28. The molecule has 0 spiro atoms. The summed E-state index contributed by atoms with van der Waals surface area (Å²) in [6.45, 7) is 9.73. The monoisotopic (exact) mass is 513 g/mol. The van der Waals surface area contributed by atoms with E-state index in [9.17, 15) is 19.5 Å². The van der Waals surface area contributed by atoms with Crippen LogP contribution in [0.3, 0.4) is 0 Å². The maximum Gasteiger partial charge on any atom is 0.354 e. The highest BCUT2D eigenvalue weighted by molar-refractivity contribution is 6.46. The Hall–Kier alpha value is -3.79.